The van der Waals surface area contributed by atoms with Gasteiger partial charge in [-0.05, 0) is 120 Å². The largest absolute Gasteiger partial charge is 0.345 e. The lowest BCUT2D eigenvalue weighted by atomic mass is 9.74. The van der Waals surface area contributed by atoms with E-state index in [-0.39, 0.29) is 6.04 Å². The summed E-state index contributed by atoms with van der Waals surface area (Å²) in [7, 11) is 0. The highest BCUT2D eigenvalue weighted by atomic mass is 15.0. The van der Waals surface area contributed by atoms with E-state index in [1.54, 1.807) is 12.7 Å². The predicted molar refractivity (Wildman–Crippen MR) is 215 cm³/mol. The Bertz CT molecular complexity index is 3020. The van der Waals surface area contributed by atoms with E-state index in [0.29, 0.717) is 0 Å². The molecule has 53 heavy (non-hydrogen) atoms. The highest BCUT2D eigenvalue weighted by Gasteiger charge is 2.33. The summed E-state index contributed by atoms with van der Waals surface area (Å²) in [6.45, 7) is 0. The third-order valence-corrected chi connectivity index (χ3v) is 12.0. The van der Waals surface area contributed by atoms with Crippen LogP contribution in [0, 0.1) is 0 Å². The number of para-hydroxylation sites is 1. The number of imidazole rings is 1. The molecule has 0 bridgehead atoms. The van der Waals surface area contributed by atoms with Crippen LogP contribution in [0.15, 0.2) is 134 Å². The van der Waals surface area contributed by atoms with Gasteiger partial charge >= 0.3 is 0 Å². The van der Waals surface area contributed by atoms with Crippen molar-refractivity contribution in [3.8, 4) is 39.2 Å². The van der Waals surface area contributed by atoms with Crippen molar-refractivity contribution in [1.29, 1.82) is 0 Å². The van der Waals surface area contributed by atoms with Crippen molar-refractivity contribution < 1.29 is 0 Å². The topological polar surface area (TPSA) is 64.3 Å². The van der Waals surface area contributed by atoms with Crippen molar-refractivity contribution in [3.05, 3.63) is 157 Å². The maximum Gasteiger partial charge on any atom is 0.115 e. The third kappa shape index (κ3) is 4.12. The quantitative estimate of drug-likeness (QED) is 0.201. The summed E-state index contributed by atoms with van der Waals surface area (Å²) in [5.74, 6) is 0. The van der Waals surface area contributed by atoms with Gasteiger partial charge < -0.3 is 14.1 Å². The van der Waals surface area contributed by atoms with Gasteiger partial charge in [-0.3, -0.25) is 0 Å². The Morgan fingerprint density at radius 1 is 0.604 bits per heavy atom. The molecule has 0 spiro atoms. The van der Waals surface area contributed by atoms with Gasteiger partial charge in [-0.15, -0.1) is 0 Å². The van der Waals surface area contributed by atoms with Gasteiger partial charge in [-0.2, -0.15) is 0 Å². The summed E-state index contributed by atoms with van der Waals surface area (Å²) < 4.78 is 5.18. The van der Waals surface area contributed by atoms with Crippen molar-refractivity contribution in [3.63, 3.8) is 0 Å². The molecule has 0 amide bonds. The Kier molecular flexibility index (Phi) is 6.03. The second-order valence-corrected chi connectivity index (χ2v) is 14.8. The normalized spacial score (nSPS) is 16.0. The minimum Gasteiger partial charge on any atom is -0.345 e. The van der Waals surface area contributed by atoms with Gasteiger partial charge in [-0.1, -0.05) is 54.6 Å². The number of rotatable bonds is 4. The van der Waals surface area contributed by atoms with E-state index in [0.717, 1.165) is 54.5 Å². The molecule has 0 saturated carbocycles. The standard InChI is InChI=1S/C47H34N6/c1-3-7-33(8-4-1)52-42-17-13-28(32-23-48-26-49-24-32)19-37(42)39-21-30-11-16-36-45-31(12-15-35(44(30)45)46(39)52)22-40-38-20-29(41-25-50-27-51-41)14-18-43(38)53(47(36)40)34-9-5-2-6-10-34/h1-7,9-10,13-14,17-27,33H,8,11-12,15-16H2,(H,50,51). The molecular weight excluding hydrogens is 649 g/mol. The molecule has 3 aliphatic carbocycles. The molecule has 1 atom stereocenters. The SMILES string of the molecule is C1=CCC(n2c3ccc(-c4cncnc4)cc3c3cc4c5c(c32)CCc2cc3c6cc(-c7cnc[nH]7)ccc6n(-c6ccccc6)c3c(c2-5)CC4)C=C1. The lowest BCUT2D eigenvalue weighted by Crippen LogP contribution is -2.17. The van der Waals surface area contributed by atoms with E-state index in [1.807, 2.05) is 18.6 Å². The minimum atomic E-state index is 0.261. The molecule has 0 fully saturated rings. The molecular formula is C47H34N6. The lowest BCUT2D eigenvalue weighted by Gasteiger charge is -2.32. The van der Waals surface area contributed by atoms with E-state index in [4.69, 9.17) is 0 Å². The van der Waals surface area contributed by atoms with Gasteiger partial charge in [0.15, 0.2) is 0 Å². The van der Waals surface area contributed by atoms with Crippen LogP contribution in [-0.2, 0) is 25.7 Å². The lowest BCUT2D eigenvalue weighted by molar-refractivity contribution is 0.645. The van der Waals surface area contributed by atoms with Gasteiger partial charge in [-0.25, -0.2) is 15.0 Å². The Balaban J connectivity index is 1.17. The molecule has 12 rings (SSSR count). The van der Waals surface area contributed by atoms with E-state index < -0.39 is 0 Å². The smallest absolute Gasteiger partial charge is 0.115 e. The van der Waals surface area contributed by atoms with Crippen LogP contribution < -0.4 is 0 Å². The van der Waals surface area contributed by atoms with Crippen LogP contribution >= 0.6 is 0 Å². The van der Waals surface area contributed by atoms with E-state index in [1.165, 1.54) is 82.7 Å². The first-order valence-electron chi connectivity index (χ1n) is 18.7. The van der Waals surface area contributed by atoms with Crippen LogP contribution in [0.25, 0.3) is 82.8 Å². The molecule has 9 aromatic rings. The molecule has 6 nitrogen and oxygen atoms in total. The summed E-state index contributed by atoms with van der Waals surface area (Å²) in [4.78, 5) is 16.3. The fourth-order valence-electron chi connectivity index (χ4n) is 9.85. The Hall–Kier alpha value is -6.53. The van der Waals surface area contributed by atoms with Crippen LogP contribution in [0.3, 0.4) is 0 Å². The number of aromatic amines is 1. The van der Waals surface area contributed by atoms with Crippen LogP contribution in [-0.4, -0.2) is 29.1 Å². The van der Waals surface area contributed by atoms with Gasteiger partial charge in [0.25, 0.3) is 0 Å². The molecule has 1 N–H and O–H groups in total. The van der Waals surface area contributed by atoms with E-state index in [9.17, 15) is 0 Å². The number of aromatic nitrogens is 6. The maximum absolute atomic E-state index is 4.33. The summed E-state index contributed by atoms with van der Waals surface area (Å²) in [5.41, 5.74) is 19.8. The number of benzene rings is 5. The number of nitrogens with zero attached hydrogens (tertiary/aromatic N) is 5. The number of H-pyrrole nitrogens is 1. The van der Waals surface area contributed by atoms with Crippen LogP contribution in [0.5, 0.6) is 0 Å². The zero-order valence-electron chi connectivity index (χ0n) is 29.1. The average Bonchev–Trinajstić information content (AvgIpc) is 3.96. The molecule has 1 unspecified atom stereocenters. The highest BCUT2D eigenvalue weighted by Crippen LogP contribution is 2.51. The number of aryl methyl sites for hydroxylation is 4. The van der Waals surface area contributed by atoms with E-state index >= 15 is 0 Å². The van der Waals surface area contributed by atoms with Gasteiger partial charge in [0.1, 0.15) is 6.33 Å². The second-order valence-electron chi connectivity index (χ2n) is 14.8. The minimum absolute atomic E-state index is 0.261. The number of nitrogens with one attached hydrogen (secondary N) is 1. The van der Waals surface area contributed by atoms with Gasteiger partial charge in [0.05, 0.1) is 40.8 Å². The zero-order valence-corrected chi connectivity index (χ0v) is 29.1. The summed E-state index contributed by atoms with van der Waals surface area (Å²) in [6.07, 6.45) is 23.3. The molecule has 4 heterocycles. The Morgan fingerprint density at radius 2 is 1.32 bits per heavy atom. The maximum atomic E-state index is 4.33. The van der Waals surface area contributed by atoms with Crippen LogP contribution in [0.2, 0.25) is 0 Å². The molecule has 4 aromatic heterocycles. The molecule has 252 valence electrons. The Morgan fingerprint density at radius 3 is 2.08 bits per heavy atom. The molecule has 0 aliphatic heterocycles. The van der Waals surface area contributed by atoms with Crippen molar-refractivity contribution in [1.82, 2.24) is 29.1 Å². The number of hydrogen-bond acceptors (Lipinski definition) is 3. The zero-order chi connectivity index (χ0) is 34.6. The highest BCUT2D eigenvalue weighted by molar-refractivity contribution is 6.16. The van der Waals surface area contributed by atoms with Crippen molar-refractivity contribution >= 4 is 43.6 Å². The fraction of sp³-hybridized carbons (Fsp3) is 0.128. The summed E-state index contributed by atoms with van der Waals surface area (Å²) >= 11 is 0. The first-order chi connectivity index (χ1) is 26.3. The Labute approximate surface area is 305 Å². The molecule has 5 aromatic carbocycles. The fourth-order valence-corrected chi connectivity index (χ4v) is 9.85. The van der Waals surface area contributed by atoms with Crippen molar-refractivity contribution in [2.24, 2.45) is 0 Å². The van der Waals surface area contributed by atoms with Crippen LogP contribution in [0.1, 0.15) is 34.7 Å². The van der Waals surface area contributed by atoms with Gasteiger partial charge in [0.2, 0.25) is 0 Å². The predicted octanol–water partition coefficient (Wildman–Crippen LogP) is 10.7. The van der Waals surface area contributed by atoms with E-state index in [2.05, 4.69) is 132 Å². The molecule has 6 heteroatoms. The third-order valence-electron chi connectivity index (χ3n) is 12.0. The summed E-state index contributed by atoms with van der Waals surface area (Å²) in [6, 6.07) is 30.1. The van der Waals surface area contributed by atoms with Crippen molar-refractivity contribution in [2.75, 3.05) is 0 Å². The van der Waals surface area contributed by atoms with Crippen molar-refractivity contribution in [2.45, 2.75) is 38.1 Å². The monoisotopic (exact) mass is 682 g/mol. The number of allylic oxidation sites excluding steroid dienone is 4. The first-order valence-corrected chi connectivity index (χ1v) is 18.7. The number of hydrogen-bond donors (Lipinski definition) is 1. The second kappa shape index (κ2) is 11.0. The molecule has 0 saturated heterocycles. The first kappa shape index (κ1) is 29.1. The van der Waals surface area contributed by atoms with Crippen LogP contribution in [0.4, 0.5) is 0 Å². The average molecular weight is 683 g/mol. The summed E-state index contributed by atoms with van der Waals surface area (Å²) in [5, 5.41) is 5.32. The molecule has 0 radical (unpaired) electrons. The van der Waals surface area contributed by atoms with Gasteiger partial charge in [0, 0.05) is 56.3 Å². The number of fused-ring (bicyclic) bond motifs is 8. The molecule has 3 aliphatic rings.